The summed E-state index contributed by atoms with van der Waals surface area (Å²) in [6.45, 7) is 7.32. The third kappa shape index (κ3) is 4.17. The molecule has 0 saturated carbocycles. The molecule has 7 heteroatoms. The molecule has 3 rings (SSSR count). The van der Waals surface area contributed by atoms with Crippen LogP contribution in [0.1, 0.15) is 45.2 Å². The zero-order valence-electron chi connectivity index (χ0n) is 16.0. The van der Waals surface area contributed by atoms with E-state index in [0.717, 1.165) is 12.0 Å². The number of carbonyl (C=O) groups is 1. The van der Waals surface area contributed by atoms with E-state index in [9.17, 15) is 9.90 Å². The van der Waals surface area contributed by atoms with Gasteiger partial charge in [-0.3, -0.25) is 15.6 Å². The Bertz CT molecular complexity index is 645. The number of hydrogen-bond donors (Lipinski definition) is 5. The summed E-state index contributed by atoms with van der Waals surface area (Å²) in [6, 6.07) is 7.51. The summed E-state index contributed by atoms with van der Waals surface area (Å²) in [6.07, 6.45) is 1.61. The summed E-state index contributed by atoms with van der Waals surface area (Å²) in [5, 5.41) is 10.0. The first-order chi connectivity index (χ1) is 12.3. The molecule has 2 heterocycles. The van der Waals surface area contributed by atoms with Crippen LogP contribution >= 0.6 is 0 Å². The molecule has 5 N–H and O–H groups in total. The van der Waals surface area contributed by atoms with Crippen molar-refractivity contribution in [3.05, 3.63) is 29.8 Å². The fraction of sp³-hybridized carbons (Fsp3) is 0.632. The highest BCUT2D eigenvalue weighted by atomic mass is 16.3. The van der Waals surface area contributed by atoms with Crippen molar-refractivity contribution in [2.45, 2.75) is 57.8 Å². The molecule has 1 amide bonds. The molecule has 0 aromatic heterocycles. The smallest absolute Gasteiger partial charge is 0.240 e. The van der Waals surface area contributed by atoms with E-state index in [1.807, 2.05) is 19.2 Å². The molecule has 2 saturated heterocycles. The van der Waals surface area contributed by atoms with Crippen molar-refractivity contribution < 1.29 is 9.90 Å². The second-order valence-electron chi connectivity index (χ2n) is 8.55. The van der Waals surface area contributed by atoms with Gasteiger partial charge in [0, 0.05) is 31.2 Å². The molecule has 1 aromatic rings. The molecule has 0 spiro atoms. The first-order valence-corrected chi connectivity index (χ1v) is 9.30. The van der Waals surface area contributed by atoms with Gasteiger partial charge >= 0.3 is 0 Å². The van der Waals surface area contributed by atoms with Crippen molar-refractivity contribution in [1.29, 1.82) is 0 Å². The van der Waals surface area contributed by atoms with Gasteiger partial charge in [0.15, 0.2) is 0 Å². The fourth-order valence-corrected chi connectivity index (χ4v) is 3.70. The minimum absolute atomic E-state index is 0.0661. The van der Waals surface area contributed by atoms with Crippen LogP contribution in [0.4, 0.5) is 0 Å². The van der Waals surface area contributed by atoms with E-state index >= 15 is 0 Å². The number of para-hydroxylation sites is 1. The number of nitrogens with zero attached hydrogens (tertiary/aromatic N) is 1. The van der Waals surface area contributed by atoms with E-state index < -0.39 is 0 Å². The van der Waals surface area contributed by atoms with Crippen LogP contribution in [-0.4, -0.2) is 47.6 Å². The maximum atomic E-state index is 12.8. The van der Waals surface area contributed by atoms with Gasteiger partial charge in [-0.2, -0.15) is 0 Å². The maximum Gasteiger partial charge on any atom is 0.240 e. The van der Waals surface area contributed by atoms with Gasteiger partial charge in [-0.15, -0.1) is 0 Å². The van der Waals surface area contributed by atoms with Crippen LogP contribution in [0.15, 0.2) is 24.3 Å². The summed E-state index contributed by atoms with van der Waals surface area (Å²) in [7, 11) is 1.85. The standard InChI is InChI=1S/C19H31N5O2/c1-19(2,3)17-9-12(20-23-17)11-24(4)18(26)15-10-14(21-22-15)13-7-5-6-8-16(13)25/h5-8,12,14-15,17,20-23,25H,9-11H2,1-4H3. The molecular formula is C19H31N5O2. The summed E-state index contributed by atoms with van der Waals surface area (Å²) in [5.74, 6) is 0.319. The average Bonchev–Trinajstić information content (AvgIpc) is 3.23. The molecule has 26 heavy (non-hydrogen) atoms. The van der Waals surface area contributed by atoms with Crippen LogP contribution in [-0.2, 0) is 4.79 Å². The van der Waals surface area contributed by atoms with Crippen molar-refractivity contribution in [2.75, 3.05) is 13.6 Å². The number of likely N-dealkylation sites (N-methyl/N-ethyl adjacent to an activating group) is 1. The van der Waals surface area contributed by atoms with Gasteiger partial charge in [-0.1, -0.05) is 39.0 Å². The molecule has 0 aliphatic carbocycles. The Labute approximate surface area is 155 Å². The lowest BCUT2D eigenvalue weighted by Crippen LogP contribution is -2.48. The Kier molecular flexibility index (Phi) is 5.53. The van der Waals surface area contributed by atoms with E-state index in [1.165, 1.54) is 0 Å². The number of rotatable bonds is 4. The Morgan fingerprint density at radius 3 is 2.54 bits per heavy atom. The van der Waals surface area contributed by atoms with E-state index in [4.69, 9.17) is 0 Å². The predicted molar refractivity (Wildman–Crippen MR) is 101 cm³/mol. The van der Waals surface area contributed by atoms with E-state index in [0.29, 0.717) is 19.0 Å². The largest absolute Gasteiger partial charge is 0.508 e. The van der Waals surface area contributed by atoms with Gasteiger partial charge in [-0.05, 0) is 24.3 Å². The molecule has 2 fully saturated rings. The van der Waals surface area contributed by atoms with Crippen LogP contribution in [0, 0.1) is 5.41 Å². The molecule has 0 bridgehead atoms. The quantitative estimate of drug-likeness (QED) is 0.551. The average molecular weight is 361 g/mol. The van der Waals surface area contributed by atoms with Gasteiger partial charge in [0.25, 0.3) is 0 Å². The first-order valence-electron chi connectivity index (χ1n) is 9.30. The van der Waals surface area contributed by atoms with E-state index in [1.54, 1.807) is 17.0 Å². The highest BCUT2D eigenvalue weighted by molar-refractivity contribution is 5.82. The van der Waals surface area contributed by atoms with Crippen molar-refractivity contribution in [3.8, 4) is 5.75 Å². The van der Waals surface area contributed by atoms with Gasteiger partial charge in [0.2, 0.25) is 5.91 Å². The minimum Gasteiger partial charge on any atom is -0.508 e. The molecule has 7 nitrogen and oxygen atoms in total. The summed E-state index contributed by atoms with van der Waals surface area (Å²) >= 11 is 0. The number of phenols is 1. The number of aromatic hydroxyl groups is 1. The Hall–Kier alpha value is -1.67. The molecular weight excluding hydrogens is 330 g/mol. The number of carbonyl (C=O) groups excluding carboxylic acids is 1. The minimum atomic E-state index is -0.294. The lowest BCUT2D eigenvalue weighted by molar-refractivity contribution is -0.132. The molecule has 0 radical (unpaired) electrons. The van der Waals surface area contributed by atoms with Gasteiger partial charge in [-0.25, -0.2) is 10.9 Å². The molecule has 4 atom stereocenters. The van der Waals surface area contributed by atoms with Crippen molar-refractivity contribution in [1.82, 2.24) is 26.6 Å². The van der Waals surface area contributed by atoms with Crippen LogP contribution in [0.5, 0.6) is 5.75 Å². The fourth-order valence-electron chi connectivity index (χ4n) is 3.70. The third-order valence-corrected chi connectivity index (χ3v) is 5.41. The van der Waals surface area contributed by atoms with Crippen molar-refractivity contribution in [2.24, 2.45) is 5.41 Å². The van der Waals surface area contributed by atoms with Gasteiger partial charge in [0.1, 0.15) is 11.8 Å². The number of benzene rings is 1. The summed E-state index contributed by atoms with van der Waals surface area (Å²) < 4.78 is 0. The number of phenolic OH excluding ortho intramolecular Hbond substituents is 1. The second kappa shape index (κ2) is 7.52. The van der Waals surface area contributed by atoms with Crippen LogP contribution in [0.3, 0.4) is 0 Å². The summed E-state index contributed by atoms with van der Waals surface area (Å²) in [4.78, 5) is 14.6. The maximum absolute atomic E-state index is 12.8. The number of hydrogen-bond acceptors (Lipinski definition) is 6. The molecule has 2 aliphatic heterocycles. The summed E-state index contributed by atoms with van der Waals surface area (Å²) in [5.41, 5.74) is 13.9. The molecule has 1 aromatic carbocycles. The topological polar surface area (TPSA) is 88.7 Å². The predicted octanol–water partition coefficient (Wildman–Crippen LogP) is 1.04. The number of hydrazine groups is 2. The molecule has 144 valence electrons. The van der Waals surface area contributed by atoms with Crippen LogP contribution in [0.25, 0.3) is 0 Å². The third-order valence-electron chi connectivity index (χ3n) is 5.41. The SMILES string of the molecule is CN(CC1CC(C(C)(C)C)NN1)C(=O)C1CC(c2ccccc2O)NN1. The Morgan fingerprint density at radius 2 is 1.88 bits per heavy atom. The van der Waals surface area contributed by atoms with Crippen LogP contribution < -0.4 is 21.7 Å². The number of nitrogens with one attached hydrogen (secondary N) is 4. The van der Waals surface area contributed by atoms with E-state index in [-0.39, 0.29) is 35.2 Å². The lowest BCUT2D eigenvalue weighted by Gasteiger charge is -2.26. The normalized spacial score (nSPS) is 29.1. The monoisotopic (exact) mass is 361 g/mol. The number of amides is 1. The van der Waals surface area contributed by atoms with Crippen molar-refractivity contribution >= 4 is 5.91 Å². The Morgan fingerprint density at radius 1 is 1.15 bits per heavy atom. The Balaban J connectivity index is 1.53. The van der Waals surface area contributed by atoms with Crippen molar-refractivity contribution in [3.63, 3.8) is 0 Å². The zero-order chi connectivity index (χ0) is 18.9. The van der Waals surface area contributed by atoms with Gasteiger partial charge < -0.3 is 10.0 Å². The first kappa shape index (κ1) is 19.1. The lowest BCUT2D eigenvalue weighted by atomic mass is 9.84. The molecule has 4 unspecified atom stereocenters. The van der Waals surface area contributed by atoms with E-state index in [2.05, 4.69) is 42.5 Å². The van der Waals surface area contributed by atoms with Crippen LogP contribution in [0.2, 0.25) is 0 Å². The highest BCUT2D eigenvalue weighted by Crippen LogP contribution is 2.30. The second-order valence-corrected chi connectivity index (χ2v) is 8.55. The zero-order valence-corrected chi connectivity index (χ0v) is 16.0. The molecule has 2 aliphatic rings. The highest BCUT2D eigenvalue weighted by Gasteiger charge is 2.36. The van der Waals surface area contributed by atoms with Gasteiger partial charge in [0.05, 0.1) is 6.04 Å².